The van der Waals surface area contributed by atoms with E-state index in [0.29, 0.717) is 10.8 Å². The number of hydrogen-bond donors (Lipinski definition) is 2. The second-order valence-electron chi connectivity index (χ2n) is 8.64. The highest BCUT2D eigenvalue weighted by molar-refractivity contribution is 5.92. The number of fused-ring (bicyclic) bond motifs is 5. The minimum atomic E-state index is 0.321. The van der Waals surface area contributed by atoms with E-state index in [0.717, 1.165) is 30.2 Å². The SMILES string of the molecule is C[C@]12CCCNC1CC[C@@H]1[C@H]2CC[C@]2(C)C(=NN)CC[C@@H]12. The molecular weight excluding hydrogens is 258 g/mol. The second kappa shape index (κ2) is 4.71. The zero-order valence-corrected chi connectivity index (χ0v) is 13.7. The van der Waals surface area contributed by atoms with Gasteiger partial charge in [0.25, 0.3) is 0 Å². The van der Waals surface area contributed by atoms with Crippen molar-refractivity contribution < 1.29 is 0 Å². The normalized spacial score (nSPS) is 54.9. The maximum Gasteiger partial charge on any atom is 0.0437 e. The Morgan fingerprint density at radius 1 is 1.10 bits per heavy atom. The Balaban J connectivity index is 1.66. The van der Waals surface area contributed by atoms with Crippen LogP contribution in [0.25, 0.3) is 0 Å². The second-order valence-corrected chi connectivity index (χ2v) is 8.64. The Hall–Kier alpha value is -0.570. The third-order valence-corrected chi connectivity index (χ3v) is 8.05. The number of nitrogens with zero attached hydrogens (tertiary/aromatic N) is 1. The Bertz CT molecular complexity index is 459. The molecule has 1 heterocycles. The van der Waals surface area contributed by atoms with E-state index < -0.39 is 0 Å². The summed E-state index contributed by atoms with van der Waals surface area (Å²) in [5.41, 5.74) is 2.19. The third kappa shape index (κ3) is 1.79. The maximum atomic E-state index is 5.70. The van der Waals surface area contributed by atoms with E-state index in [-0.39, 0.29) is 0 Å². The van der Waals surface area contributed by atoms with E-state index in [2.05, 4.69) is 24.3 Å². The maximum absolute atomic E-state index is 5.70. The van der Waals surface area contributed by atoms with Crippen molar-refractivity contribution in [3.63, 3.8) is 0 Å². The molecule has 1 saturated heterocycles. The summed E-state index contributed by atoms with van der Waals surface area (Å²) in [6, 6.07) is 0.779. The number of hydrazone groups is 1. The molecule has 6 atom stereocenters. The van der Waals surface area contributed by atoms with Crippen molar-refractivity contribution in [1.29, 1.82) is 0 Å². The molecule has 0 bridgehead atoms. The van der Waals surface area contributed by atoms with E-state index in [9.17, 15) is 0 Å². The van der Waals surface area contributed by atoms with Crippen molar-refractivity contribution in [3.05, 3.63) is 0 Å². The molecule has 3 saturated carbocycles. The Labute approximate surface area is 129 Å². The van der Waals surface area contributed by atoms with Gasteiger partial charge in [0, 0.05) is 17.2 Å². The molecule has 118 valence electrons. The van der Waals surface area contributed by atoms with Crippen LogP contribution in [0.15, 0.2) is 5.10 Å². The van der Waals surface area contributed by atoms with Crippen LogP contribution in [-0.4, -0.2) is 18.3 Å². The van der Waals surface area contributed by atoms with E-state index in [1.54, 1.807) is 0 Å². The molecule has 0 radical (unpaired) electrons. The van der Waals surface area contributed by atoms with Crippen LogP contribution in [-0.2, 0) is 0 Å². The summed E-state index contributed by atoms with van der Waals surface area (Å²) < 4.78 is 0. The van der Waals surface area contributed by atoms with Crippen molar-refractivity contribution in [2.75, 3.05) is 6.54 Å². The van der Waals surface area contributed by atoms with Crippen molar-refractivity contribution in [3.8, 4) is 0 Å². The fourth-order valence-corrected chi connectivity index (χ4v) is 6.90. The largest absolute Gasteiger partial charge is 0.323 e. The van der Waals surface area contributed by atoms with Gasteiger partial charge >= 0.3 is 0 Å². The third-order valence-electron chi connectivity index (χ3n) is 8.05. The first-order valence-electron chi connectivity index (χ1n) is 9.10. The van der Waals surface area contributed by atoms with Crippen LogP contribution in [0.3, 0.4) is 0 Å². The van der Waals surface area contributed by atoms with Gasteiger partial charge in [0.15, 0.2) is 0 Å². The van der Waals surface area contributed by atoms with Gasteiger partial charge in [0.1, 0.15) is 0 Å². The molecule has 3 N–H and O–H groups in total. The molecule has 4 aliphatic rings. The predicted octanol–water partition coefficient (Wildman–Crippen LogP) is 3.30. The standard InChI is InChI=1S/C18H31N3/c1-17-9-3-11-20-15(17)6-4-12-13-5-7-16(21-19)18(13,2)10-8-14(12)17/h12-15,20H,3-11,19H2,1-2H3/t12-,13-,14+,15?,17+,18-/m0/s1. The highest BCUT2D eigenvalue weighted by Gasteiger charge is 2.59. The highest BCUT2D eigenvalue weighted by Crippen LogP contribution is 2.63. The van der Waals surface area contributed by atoms with Gasteiger partial charge in [-0.25, -0.2) is 0 Å². The molecule has 0 amide bonds. The molecule has 0 aromatic heterocycles. The van der Waals surface area contributed by atoms with E-state index in [1.807, 2.05) is 0 Å². The lowest BCUT2D eigenvalue weighted by atomic mass is 9.47. The van der Waals surface area contributed by atoms with Gasteiger partial charge in [0.05, 0.1) is 0 Å². The average Bonchev–Trinajstić information content (AvgIpc) is 2.83. The number of piperidine rings is 1. The summed E-state index contributed by atoms with van der Waals surface area (Å²) in [5, 5.41) is 8.02. The van der Waals surface area contributed by atoms with E-state index in [4.69, 9.17) is 5.84 Å². The van der Waals surface area contributed by atoms with Crippen LogP contribution >= 0.6 is 0 Å². The Morgan fingerprint density at radius 2 is 1.95 bits per heavy atom. The van der Waals surface area contributed by atoms with Gasteiger partial charge in [-0.1, -0.05) is 13.8 Å². The molecule has 3 heteroatoms. The van der Waals surface area contributed by atoms with Crippen molar-refractivity contribution in [2.45, 2.75) is 71.3 Å². The smallest absolute Gasteiger partial charge is 0.0437 e. The van der Waals surface area contributed by atoms with E-state index in [1.165, 1.54) is 57.2 Å². The topological polar surface area (TPSA) is 50.4 Å². The lowest BCUT2D eigenvalue weighted by Crippen LogP contribution is -2.59. The summed E-state index contributed by atoms with van der Waals surface area (Å²) in [6.07, 6.45) is 10.8. The number of nitrogens with one attached hydrogen (secondary N) is 1. The highest BCUT2D eigenvalue weighted by atomic mass is 15.1. The van der Waals surface area contributed by atoms with Crippen LogP contribution in [0.4, 0.5) is 0 Å². The number of rotatable bonds is 0. The molecule has 0 spiro atoms. The first-order valence-corrected chi connectivity index (χ1v) is 9.10. The van der Waals surface area contributed by atoms with Crippen molar-refractivity contribution >= 4 is 5.71 Å². The summed E-state index contributed by atoms with van der Waals surface area (Å²) in [4.78, 5) is 0. The quantitative estimate of drug-likeness (QED) is 0.531. The first-order chi connectivity index (χ1) is 10.1. The average molecular weight is 289 g/mol. The van der Waals surface area contributed by atoms with Gasteiger partial charge in [-0.2, -0.15) is 5.10 Å². The number of hydrogen-bond acceptors (Lipinski definition) is 3. The lowest BCUT2D eigenvalue weighted by molar-refractivity contribution is -0.0738. The number of nitrogens with two attached hydrogens (primary N) is 1. The fraction of sp³-hybridized carbons (Fsp3) is 0.944. The van der Waals surface area contributed by atoms with Gasteiger partial charge in [-0.15, -0.1) is 0 Å². The Kier molecular flexibility index (Phi) is 3.15. The zero-order valence-electron chi connectivity index (χ0n) is 13.7. The minimum Gasteiger partial charge on any atom is -0.323 e. The fourth-order valence-electron chi connectivity index (χ4n) is 6.90. The van der Waals surface area contributed by atoms with Gasteiger partial charge in [-0.05, 0) is 81.1 Å². The summed E-state index contributed by atoms with van der Waals surface area (Å²) in [6.45, 7) is 6.29. The minimum absolute atomic E-state index is 0.321. The molecule has 3 aliphatic carbocycles. The molecule has 4 rings (SSSR count). The summed E-state index contributed by atoms with van der Waals surface area (Å²) in [7, 11) is 0. The van der Waals surface area contributed by atoms with Crippen LogP contribution in [0, 0.1) is 28.6 Å². The van der Waals surface area contributed by atoms with Crippen LogP contribution in [0.2, 0.25) is 0 Å². The van der Waals surface area contributed by atoms with Crippen molar-refractivity contribution in [1.82, 2.24) is 5.32 Å². The molecular formula is C18H31N3. The van der Waals surface area contributed by atoms with Crippen LogP contribution < -0.4 is 11.2 Å². The summed E-state index contributed by atoms with van der Waals surface area (Å²) in [5.74, 6) is 8.40. The van der Waals surface area contributed by atoms with Crippen LogP contribution in [0.1, 0.15) is 65.2 Å². The molecule has 4 fully saturated rings. The van der Waals surface area contributed by atoms with E-state index >= 15 is 0 Å². The molecule has 1 unspecified atom stereocenters. The van der Waals surface area contributed by atoms with Crippen molar-refractivity contribution in [2.24, 2.45) is 39.5 Å². The first kappa shape index (κ1) is 14.0. The summed E-state index contributed by atoms with van der Waals surface area (Å²) >= 11 is 0. The Morgan fingerprint density at radius 3 is 2.76 bits per heavy atom. The monoisotopic (exact) mass is 289 g/mol. The predicted molar refractivity (Wildman–Crippen MR) is 87.0 cm³/mol. The molecule has 0 aromatic rings. The van der Waals surface area contributed by atoms with Gasteiger partial charge in [0.2, 0.25) is 0 Å². The molecule has 21 heavy (non-hydrogen) atoms. The van der Waals surface area contributed by atoms with Gasteiger partial charge < -0.3 is 11.2 Å². The molecule has 0 aromatic carbocycles. The van der Waals surface area contributed by atoms with Gasteiger partial charge in [-0.3, -0.25) is 0 Å². The zero-order chi connectivity index (χ0) is 14.7. The van der Waals surface area contributed by atoms with Crippen LogP contribution in [0.5, 0.6) is 0 Å². The lowest BCUT2D eigenvalue weighted by Gasteiger charge is -2.59. The molecule has 1 aliphatic heterocycles. The molecule has 3 nitrogen and oxygen atoms in total.